The Morgan fingerprint density at radius 1 is 1.07 bits per heavy atom. The van der Waals surface area contributed by atoms with Crippen LogP contribution in [0.25, 0.3) is 16.9 Å². The van der Waals surface area contributed by atoms with E-state index in [2.05, 4.69) is 25.9 Å². The lowest BCUT2D eigenvalue weighted by molar-refractivity contribution is -0.126. The number of carbonyl (C=O) groups is 2. The van der Waals surface area contributed by atoms with Crippen LogP contribution in [0.5, 0.6) is 5.75 Å². The summed E-state index contributed by atoms with van der Waals surface area (Å²) in [6.45, 7) is 4.21. The minimum Gasteiger partial charge on any atom is -0.494 e. The van der Waals surface area contributed by atoms with Crippen LogP contribution in [0.1, 0.15) is 28.8 Å². The number of hydrogen-bond acceptors (Lipinski definition) is 7. The van der Waals surface area contributed by atoms with Crippen LogP contribution >= 0.6 is 0 Å². The summed E-state index contributed by atoms with van der Waals surface area (Å²) in [6, 6.07) is 8.21. The van der Waals surface area contributed by atoms with Gasteiger partial charge >= 0.3 is 0 Å². The highest BCUT2D eigenvalue weighted by atomic mass is 19.2. The number of halogens is 2. The van der Waals surface area contributed by atoms with Gasteiger partial charge in [0.25, 0.3) is 5.91 Å². The molecule has 2 aromatic heterocycles. The van der Waals surface area contributed by atoms with E-state index in [-0.39, 0.29) is 29.0 Å². The predicted octanol–water partition coefficient (Wildman–Crippen LogP) is 3.92. The molecule has 5 rings (SSSR count). The van der Waals surface area contributed by atoms with Crippen LogP contribution in [0, 0.1) is 24.5 Å². The fourth-order valence-electron chi connectivity index (χ4n) is 5.18. The zero-order chi connectivity index (χ0) is 29.8. The average molecular weight is 578 g/mol. The van der Waals surface area contributed by atoms with Gasteiger partial charge in [0.2, 0.25) is 11.7 Å². The normalized spacial score (nSPS) is 13.8. The number of imidazole rings is 1. The third-order valence-corrected chi connectivity index (χ3v) is 7.52. The Morgan fingerprint density at radius 2 is 1.86 bits per heavy atom. The fraction of sp³-hybridized carbons (Fsp3) is 0.333. The van der Waals surface area contributed by atoms with Gasteiger partial charge in [-0.1, -0.05) is 0 Å². The van der Waals surface area contributed by atoms with Crippen molar-refractivity contribution < 1.29 is 23.1 Å². The second-order valence-electron chi connectivity index (χ2n) is 10.2. The van der Waals surface area contributed by atoms with E-state index in [1.165, 1.54) is 31.6 Å². The Balaban J connectivity index is 1.29. The molecule has 3 N–H and O–H groups in total. The Kier molecular flexibility index (Phi) is 8.62. The third-order valence-electron chi connectivity index (χ3n) is 7.52. The molecule has 2 amide bonds. The molecule has 10 nitrogen and oxygen atoms in total. The minimum absolute atomic E-state index is 0.0371. The van der Waals surface area contributed by atoms with Gasteiger partial charge in [0.05, 0.1) is 19.0 Å². The number of anilines is 2. The van der Waals surface area contributed by atoms with E-state index < -0.39 is 11.6 Å². The molecule has 1 saturated heterocycles. The lowest BCUT2D eigenvalue weighted by Gasteiger charge is -2.31. The summed E-state index contributed by atoms with van der Waals surface area (Å²) in [5.74, 6) is -1.99. The molecule has 12 heteroatoms. The summed E-state index contributed by atoms with van der Waals surface area (Å²) >= 11 is 0. The summed E-state index contributed by atoms with van der Waals surface area (Å²) in [5, 5.41) is 9.16. The number of fused-ring (bicyclic) bond motifs is 1. The second kappa shape index (κ2) is 12.5. The van der Waals surface area contributed by atoms with Crippen molar-refractivity contribution in [2.45, 2.75) is 19.8 Å². The molecule has 0 radical (unpaired) electrons. The van der Waals surface area contributed by atoms with Crippen molar-refractivity contribution in [2.75, 3.05) is 45.7 Å². The van der Waals surface area contributed by atoms with Crippen molar-refractivity contribution in [3.8, 4) is 17.0 Å². The molecule has 1 fully saturated rings. The van der Waals surface area contributed by atoms with Crippen LogP contribution < -0.4 is 20.7 Å². The molecular formula is C30H33F2N7O3. The van der Waals surface area contributed by atoms with Crippen LogP contribution in [0.2, 0.25) is 0 Å². The van der Waals surface area contributed by atoms with Crippen molar-refractivity contribution in [1.29, 1.82) is 0 Å². The number of hydrogen-bond donors (Lipinski definition) is 3. The Bertz CT molecular complexity index is 1620. The Morgan fingerprint density at radius 3 is 2.57 bits per heavy atom. The van der Waals surface area contributed by atoms with E-state index >= 15 is 0 Å². The van der Waals surface area contributed by atoms with Gasteiger partial charge in [-0.05, 0) is 62.7 Å². The molecule has 1 aliphatic rings. The van der Waals surface area contributed by atoms with Crippen LogP contribution in [0.3, 0.4) is 0 Å². The summed E-state index contributed by atoms with van der Waals surface area (Å²) in [5.41, 5.74) is 2.86. The van der Waals surface area contributed by atoms with E-state index in [4.69, 9.17) is 4.74 Å². The van der Waals surface area contributed by atoms with Gasteiger partial charge < -0.3 is 25.6 Å². The molecule has 42 heavy (non-hydrogen) atoms. The number of aromatic nitrogens is 3. The smallest absolute Gasteiger partial charge is 0.254 e. The number of nitrogens with zero attached hydrogens (tertiary/aromatic N) is 4. The Hall–Kier alpha value is -4.58. The standard InChI is InChI=1S/C30H33F2N7O3/c1-18-16-20(4-5-21(18)30(41)38-13-8-19(9-14-38)29(40)35-11-10-33-2)37-27-28-36-17-23(39(28)15-12-34-27)22-6-7-24(42-3)26(32)25(22)31/h4-7,12,15-17,19,33H,8-11,13-14H2,1-3H3,(H,34,37)(H,35,40). The first-order valence-corrected chi connectivity index (χ1v) is 13.8. The SMILES string of the molecule is CNCCNC(=O)C1CCN(C(=O)c2ccc(Nc3nccn4c(-c5ccc(OC)c(F)c5F)cnc34)cc2C)CC1. The van der Waals surface area contributed by atoms with Crippen LogP contribution in [0.15, 0.2) is 48.9 Å². The van der Waals surface area contributed by atoms with E-state index in [1.807, 2.05) is 20.0 Å². The molecular weight excluding hydrogens is 544 g/mol. The zero-order valence-corrected chi connectivity index (χ0v) is 23.7. The number of carbonyl (C=O) groups excluding carboxylic acids is 2. The lowest BCUT2D eigenvalue weighted by Crippen LogP contribution is -2.44. The van der Waals surface area contributed by atoms with Gasteiger partial charge in [-0.3, -0.25) is 14.0 Å². The van der Waals surface area contributed by atoms with Crippen molar-refractivity contribution in [3.63, 3.8) is 0 Å². The van der Waals surface area contributed by atoms with Gasteiger partial charge in [-0.15, -0.1) is 0 Å². The number of benzene rings is 2. The van der Waals surface area contributed by atoms with Crippen molar-refractivity contribution >= 4 is 29.0 Å². The topological polar surface area (TPSA) is 113 Å². The summed E-state index contributed by atoms with van der Waals surface area (Å²) in [4.78, 5) is 36.2. The van der Waals surface area contributed by atoms with Gasteiger partial charge in [0.15, 0.2) is 23.0 Å². The highest BCUT2D eigenvalue weighted by Gasteiger charge is 2.28. The number of rotatable bonds is 9. The molecule has 0 spiro atoms. The maximum Gasteiger partial charge on any atom is 0.254 e. The number of piperidine rings is 1. The maximum absolute atomic E-state index is 14.8. The average Bonchev–Trinajstić information content (AvgIpc) is 3.43. The lowest BCUT2D eigenvalue weighted by atomic mass is 9.95. The highest BCUT2D eigenvalue weighted by molar-refractivity contribution is 5.96. The molecule has 4 aromatic rings. The van der Waals surface area contributed by atoms with Gasteiger partial charge in [-0.2, -0.15) is 4.39 Å². The summed E-state index contributed by atoms with van der Waals surface area (Å²) in [6.07, 6.45) is 5.87. The van der Waals surface area contributed by atoms with E-state index in [0.717, 1.165) is 5.56 Å². The minimum atomic E-state index is -1.07. The van der Waals surface area contributed by atoms with Crippen molar-refractivity contribution in [3.05, 3.63) is 71.7 Å². The summed E-state index contributed by atoms with van der Waals surface area (Å²) in [7, 11) is 3.11. The molecule has 0 bridgehead atoms. The first kappa shape index (κ1) is 28.9. The first-order chi connectivity index (χ1) is 20.3. The fourth-order valence-corrected chi connectivity index (χ4v) is 5.18. The highest BCUT2D eigenvalue weighted by Crippen LogP contribution is 2.32. The van der Waals surface area contributed by atoms with Crippen molar-refractivity contribution in [2.24, 2.45) is 5.92 Å². The summed E-state index contributed by atoms with van der Waals surface area (Å²) < 4.78 is 35.7. The number of amides is 2. The molecule has 0 unspecified atom stereocenters. The van der Waals surface area contributed by atoms with Crippen LogP contribution in [-0.2, 0) is 4.79 Å². The van der Waals surface area contributed by atoms with Crippen molar-refractivity contribution in [1.82, 2.24) is 29.9 Å². The number of likely N-dealkylation sites (tertiary alicyclic amines) is 1. The van der Waals surface area contributed by atoms with E-state index in [9.17, 15) is 18.4 Å². The number of likely N-dealkylation sites (N-methyl/N-ethyl adjacent to an activating group) is 1. The number of ether oxygens (including phenoxy) is 1. The van der Waals surface area contributed by atoms with E-state index in [1.54, 1.807) is 27.6 Å². The number of nitrogens with one attached hydrogen (secondary N) is 3. The molecule has 1 aliphatic heterocycles. The number of methoxy groups -OCH3 is 1. The quantitative estimate of drug-likeness (QED) is 0.259. The van der Waals surface area contributed by atoms with Crippen LogP contribution in [0.4, 0.5) is 20.3 Å². The molecule has 0 aliphatic carbocycles. The molecule has 0 atom stereocenters. The second-order valence-corrected chi connectivity index (χ2v) is 10.2. The first-order valence-electron chi connectivity index (χ1n) is 13.8. The molecule has 0 saturated carbocycles. The monoisotopic (exact) mass is 577 g/mol. The third kappa shape index (κ3) is 5.75. The Labute approximate surface area is 242 Å². The largest absolute Gasteiger partial charge is 0.494 e. The van der Waals surface area contributed by atoms with Gasteiger partial charge in [0, 0.05) is 61.3 Å². The maximum atomic E-state index is 14.8. The molecule has 2 aromatic carbocycles. The zero-order valence-electron chi connectivity index (χ0n) is 23.7. The van der Waals surface area contributed by atoms with Crippen LogP contribution in [-0.4, -0.2) is 71.4 Å². The molecule has 220 valence electrons. The van der Waals surface area contributed by atoms with Gasteiger partial charge in [0.1, 0.15) is 0 Å². The van der Waals surface area contributed by atoms with E-state index in [0.29, 0.717) is 67.4 Å². The predicted molar refractivity (Wildman–Crippen MR) is 155 cm³/mol. The number of aryl methyl sites for hydroxylation is 1. The van der Waals surface area contributed by atoms with Gasteiger partial charge in [-0.25, -0.2) is 14.4 Å². The molecule has 3 heterocycles.